The van der Waals surface area contributed by atoms with Crippen LogP contribution in [0, 0.1) is 5.82 Å². The average molecular weight is 394 g/mol. The minimum atomic E-state index is -3.77. The lowest BCUT2D eigenvalue weighted by atomic mass is 10.3. The second-order valence-electron chi connectivity index (χ2n) is 4.15. The maximum absolute atomic E-state index is 13.0. The SMILES string of the molecule is CCN(c1ccc(F)cc1)S(=O)(=O)c1cc(CO)sc1Br. The molecular weight excluding hydrogens is 381 g/mol. The number of aliphatic hydroxyl groups is 1. The average Bonchev–Trinajstić information content (AvgIpc) is 2.83. The van der Waals surface area contributed by atoms with Crippen molar-refractivity contribution in [1.82, 2.24) is 0 Å². The molecule has 114 valence electrons. The predicted octanol–water partition coefficient (Wildman–Crippen LogP) is 3.36. The van der Waals surface area contributed by atoms with Crippen LogP contribution < -0.4 is 4.31 Å². The highest BCUT2D eigenvalue weighted by molar-refractivity contribution is 9.11. The zero-order chi connectivity index (χ0) is 15.6. The third-order valence-electron chi connectivity index (χ3n) is 2.83. The van der Waals surface area contributed by atoms with Crippen LogP contribution in [-0.4, -0.2) is 20.1 Å². The highest BCUT2D eigenvalue weighted by atomic mass is 79.9. The van der Waals surface area contributed by atoms with E-state index in [1.165, 1.54) is 46.0 Å². The maximum Gasteiger partial charge on any atom is 0.266 e. The molecule has 8 heteroatoms. The summed E-state index contributed by atoms with van der Waals surface area (Å²) in [4.78, 5) is 0.651. The Morgan fingerprint density at radius 1 is 1.33 bits per heavy atom. The van der Waals surface area contributed by atoms with E-state index in [-0.39, 0.29) is 18.0 Å². The Hall–Kier alpha value is -0.960. The van der Waals surface area contributed by atoms with Gasteiger partial charge in [0.2, 0.25) is 0 Å². The van der Waals surface area contributed by atoms with Crippen molar-refractivity contribution < 1.29 is 17.9 Å². The number of rotatable bonds is 5. The van der Waals surface area contributed by atoms with Gasteiger partial charge in [0.1, 0.15) is 10.7 Å². The lowest BCUT2D eigenvalue weighted by Gasteiger charge is -2.22. The number of hydrogen-bond donors (Lipinski definition) is 1. The van der Waals surface area contributed by atoms with E-state index in [1.807, 2.05) is 0 Å². The predicted molar refractivity (Wildman–Crippen MR) is 84.5 cm³/mol. The highest BCUT2D eigenvalue weighted by Gasteiger charge is 2.27. The largest absolute Gasteiger partial charge is 0.391 e. The van der Waals surface area contributed by atoms with Gasteiger partial charge in [-0.25, -0.2) is 12.8 Å². The molecule has 0 amide bonds. The number of halogens is 2. The Kier molecular flexibility index (Phi) is 5.03. The monoisotopic (exact) mass is 393 g/mol. The molecule has 0 aliphatic heterocycles. The Morgan fingerprint density at radius 3 is 2.43 bits per heavy atom. The summed E-state index contributed by atoms with van der Waals surface area (Å²) < 4.78 is 40.1. The topological polar surface area (TPSA) is 57.6 Å². The molecule has 1 N–H and O–H groups in total. The smallest absolute Gasteiger partial charge is 0.266 e. The Bertz CT molecular complexity index is 728. The summed E-state index contributed by atoms with van der Waals surface area (Å²) in [6.45, 7) is 1.69. The zero-order valence-electron chi connectivity index (χ0n) is 11.1. The Balaban J connectivity index is 2.49. The van der Waals surface area contributed by atoms with Crippen molar-refractivity contribution in [2.45, 2.75) is 18.4 Å². The second kappa shape index (κ2) is 6.43. The van der Waals surface area contributed by atoms with E-state index in [0.29, 0.717) is 14.4 Å². The quantitative estimate of drug-likeness (QED) is 0.846. The second-order valence-corrected chi connectivity index (χ2v) is 8.44. The lowest BCUT2D eigenvalue weighted by molar-refractivity contribution is 0.285. The number of aliphatic hydroxyl groups excluding tert-OH is 1. The normalized spacial score (nSPS) is 11.6. The number of thiophene rings is 1. The van der Waals surface area contributed by atoms with Gasteiger partial charge >= 0.3 is 0 Å². The van der Waals surface area contributed by atoms with Crippen molar-refractivity contribution in [3.63, 3.8) is 0 Å². The fraction of sp³-hybridized carbons (Fsp3) is 0.231. The molecular formula is C13H13BrFNO3S2. The molecule has 0 aliphatic carbocycles. The van der Waals surface area contributed by atoms with Crippen molar-refractivity contribution in [1.29, 1.82) is 0 Å². The third-order valence-corrected chi connectivity index (χ3v) is 6.97. The van der Waals surface area contributed by atoms with Crippen LogP contribution in [0.3, 0.4) is 0 Å². The van der Waals surface area contributed by atoms with E-state index in [4.69, 9.17) is 5.11 Å². The third kappa shape index (κ3) is 3.28. The minimum Gasteiger partial charge on any atom is -0.391 e. The molecule has 1 aromatic heterocycles. The van der Waals surface area contributed by atoms with Gasteiger partial charge in [0.15, 0.2) is 0 Å². The standard InChI is InChI=1S/C13H13BrFNO3S2/c1-2-16(10-5-3-9(15)4-6-10)21(18,19)12-7-11(8-17)20-13(12)14/h3-7,17H,2,8H2,1H3. The molecule has 0 saturated heterocycles. The molecule has 2 rings (SSSR count). The fourth-order valence-electron chi connectivity index (χ4n) is 1.87. The van der Waals surface area contributed by atoms with Gasteiger partial charge in [-0.3, -0.25) is 4.31 Å². The van der Waals surface area contributed by atoms with Crippen molar-refractivity contribution in [3.8, 4) is 0 Å². The van der Waals surface area contributed by atoms with E-state index in [1.54, 1.807) is 6.92 Å². The number of anilines is 1. The van der Waals surface area contributed by atoms with Crippen LogP contribution in [-0.2, 0) is 16.6 Å². The first kappa shape index (κ1) is 16.4. The van der Waals surface area contributed by atoms with Crippen LogP contribution in [0.4, 0.5) is 10.1 Å². The molecule has 0 fully saturated rings. The highest BCUT2D eigenvalue weighted by Crippen LogP contribution is 2.35. The van der Waals surface area contributed by atoms with E-state index >= 15 is 0 Å². The molecule has 0 aliphatic rings. The first-order chi connectivity index (χ1) is 9.90. The summed E-state index contributed by atoms with van der Waals surface area (Å²) in [6.07, 6.45) is 0. The van der Waals surface area contributed by atoms with Gasteiger partial charge in [0.25, 0.3) is 10.0 Å². The van der Waals surface area contributed by atoms with Gasteiger partial charge in [-0.05, 0) is 53.2 Å². The fourth-order valence-corrected chi connectivity index (χ4v) is 5.84. The molecule has 1 heterocycles. The summed E-state index contributed by atoms with van der Waals surface area (Å²) in [5.74, 6) is -0.425. The van der Waals surface area contributed by atoms with Crippen LogP contribution in [0.15, 0.2) is 39.0 Å². The summed E-state index contributed by atoms with van der Waals surface area (Å²) in [5, 5.41) is 9.12. The minimum absolute atomic E-state index is 0.0997. The van der Waals surface area contributed by atoms with Gasteiger partial charge < -0.3 is 5.11 Å². The van der Waals surface area contributed by atoms with Gasteiger partial charge in [-0.2, -0.15) is 0 Å². The lowest BCUT2D eigenvalue weighted by Crippen LogP contribution is -2.30. The Labute approximate surface area is 135 Å². The molecule has 4 nitrogen and oxygen atoms in total. The summed E-state index contributed by atoms with van der Waals surface area (Å²) in [6, 6.07) is 6.72. The van der Waals surface area contributed by atoms with Crippen LogP contribution in [0.2, 0.25) is 0 Å². The van der Waals surface area contributed by atoms with E-state index in [0.717, 1.165) is 0 Å². The van der Waals surface area contributed by atoms with Crippen molar-refractivity contribution in [2.75, 3.05) is 10.8 Å². The molecule has 0 saturated carbocycles. The van der Waals surface area contributed by atoms with Crippen molar-refractivity contribution >= 4 is 43.0 Å². The molecule has 1 aromatic carbocycles. The summed E-state index contributed by atoms with van der Waals surface area (Å²) in [7, 11) is -3.77. The molecule has 0 atom stereocenters. The Morgan fingerprint density at radius 2 is 1.95 bits per heavy atom. The van der Waals surface area contributed by atoms with Crippen molar-refractivity contribution in [3.05, 3.63) is 44.8 Å². The molecule has 0 spiro atoms. The van der Waals surface area contributed by atoms with Crippen LogP contribution in [0.1, 0.15) is 11.8 Å². The van der Waals surface area contributed by atoms with Crippen molar-refractivity contribution in [2.24, 2.45) is 0 Å². The number of nitrogens with zero attached hydrogens (tertiary/aromatic N) is 1. The summed E-state index contributed by atoms with van der Waals surface area (Å²) >= 11 is 4.38. The van der Waals surface area contributed by atoms with Gasteiger partial charge in [0, 0.05) is 11.4 Å². The van der Waals surface area contributed by atoms with Crippen LogP contribution in [0.25, 0.3) is 0 Å². The van der Waals surface area contributed by atoms with E-state index in [2.05, 4.69) is 15.9 Å². The molecule has 0 unspecified atom stereocenters. The van der Waals surface area contributed by atoms with Gasteiger partial charge in [-0.1, -0.05) is 0 Å². The number of benzene rings is 1. The summed E-state index contributed by atoms with van der Waals surface area (Å²) in [5.41, 5.74) is 0.391. The molecule has 0 radical (unpaired) electrons. The van der Waals surface area contributed by atoms with Gasteiger partial charge in [0.05, 0.1) is 16.1 Å². The molecule has 0 bridgehead atoms. The van der Waals surface area contributed by atoms with Crippen LogP contribution >= 0.6 is 27.3 Å². The zero-order valence-corrected chi connectivity index (χ0v) is 14.3. The number of sulfonamides is 1. The van der Waals surface area contributed by atoms with Crippen LogP contribution in [0.5, 0.6) is 0 Å². The first-order valence-corrected chi connectivity index (χ1v) is 9.12. The number of hydrogen-bond acceptors (Lipinski definition) is 4. The first-order valence-electron chi connectivity index (χ1n) is 6.07. The van der Waals surface area contributed by atoms with Gasteiger partial charge in [-0.15, -0.1) is 11.3 Å². The molecule has 21 heavy (non-hydrogen) atoms. The van der Waals surface area contributed by atoms with E-state index < -0.39 is 15.8 Å². The maximum atomic E-state index is 13.0. The van der Waals surface area contributed by atoms with E-state index in [9.17, 15) is 12.8 Å². The molecule has 2 aromatic rings.